The number of nitrogens with two attached hydrogens (primary N) is 1. The first-order valence-electron chi connectivity index (χ1n) is 5.85. The summed E-state index contributed by atoms with van der Waals surface area (Å²) in [6.07, 6.45) is 0.356. The highest BCUT2D eigenvalue weighted by atomic mass is 16.5. The number of ether oxygens (including phenoxy) is 1. The maximum absolute atomic E-state index is 11.6. The van der Waals surface area contributed by atoms with Crippen LogP contribution in [0, 0.1) is 0 Å². The Kier molecular flexibility index (Phi) is 2.96. The molecular formula is C13H18N2O2. The van der Waals surface area contributed by atoms with Gasteiger partial charge in [0.1, 0.15) is 0 Å². The first-order chi connectivity index (χ1) is 8.07. The summed E-state index contributed by atoms with van der Waals surface area (Å²) in [6, 6.07) is 5.77. The molecule has 0 spiro atoms. The summed E-state index contributed by atoms with van der Waals surface area (Å²) in [5, 5.41) is 3.29. The smallest absolute Gasteiger partial charge is 0.306 e. The molecule has 92 valence electrons. The Balaban J connectivity index is 2.28. The van der Waals surface area contributed by atoms with Crippen molar-refractivity contribution in [2.75, 3.05) is 24.2 Å². The van der Waals surface area contributed by atoms with E-state index in [0.717, 1.165) is 23.5 Å². The van der Waals surface area contributed by atoms with E-state index in [-0.39, 0.29) is 11.4 Å². The number of fused-ring (bicyclic) bond motifs is 1. The molecule has 2 rings (SSSR count). The number of hydrogen-bond acceptors (Lipinski definition) is 4. The minimum absolute atomic E-state index is 0.173. The average molecular weight is 234 g/mol. The van der Waals surface area contributed by atoms with E-state index < -0.39 is 0 Å². The summed E-state index contributed by atoms with van der Waals surface area (Å²) in [5.41, 5.74) is 8.53. The molecule has 1 atom stereocenters. The largest absolute Gasteiger partial charge is 0.466 e. The first-order valence-corrected chi connectivity index (χ1v) is 5.85. The molecule has 0 aliphatic carbocycles. The summed E-state index contributed by atoms with van der Waals surface area (Å²) in [6.45, 7) is 4.99. The van der Waals surface area contributed by atoms with Crippen LogP contribution in [-0.2, 0) is 14.9 Å². The van der Waals surface area contributed by atoms with Gasteiger partial charge in [-0.1, -0.05) is 13.0 Å². The fourth-order valence-electron chi connectivity index (χ4n) is 2.45. The van der Waals surface area contributed by atoms with Crippen molar-refractivity contribution in [1.29, 1.82) is 0 Å². The van der Waals surface area contributed by atoms with Gasteiger partial charge in [0, 0.05) is 28.9 Å². The third kappa shape index (κ3) is 2.07. The molecule has 1 aliphatic heterocycles. The van der Waals surface area contributed by atoms with Crippen LogP contribution in [0.1, 0.15) is 25.8 Å². The highest BCUT2D eigenvalue weighted by Crippen LogP contribution is 2.42. The van der Waals surface area contributed by atoms with Crippen LogP contribution in [0.5, 0.6) is 0 Å². The number of nitrogens with one attached hydrogen (secondary N) is 1. The van der Waals surface area contributed by atoms with E-state index in [1.165, 1.54) is 0 Å². The summed E-state index contributed by atoms with van der Waals surface area (Å²) < 4.78 is 5.02. The van der Waals surface area contributed by atoms with Crippen LogP contribution in [-0.4, -0.2) is 19.1 Å². The lowest BCUT2D eigenvalue weighted by molar-refractivity contribution is -0.144. The van der Waals surface area contributed by atoms with E-state index in [1.807, 2.05) is 32.0 Å². The minimum atomic E-state index is -0.271. The molecule has 0 aromatic heterocycles. The molecule has 0 radical (unpaired) electrons. The molecule has 3 N–H and O–H groups in total. The van der Waals surface area contributed by atoms with Gasteiger partial charge in [0.15, 0.2) is 0 Å². The second kappa shape index (κ2) is 4.28. The fraction of sp³-hybridized carbons (Fsp3) is 0.462. The monoisotopic (exact) mass is 234 g/mol. The fourth-order valence-corrected chi connectivity index (χ4v) is 2.45. The van der Waals surface area contributed by atoms with E-state index in [0.29, 0.717) is 13.0 Å². The summed E-state index contributed by atoms with van der Waals surface area (Å²) in [5.74, 6) is -0.173. The zero-order valence-electron chi connectivity index (χ0n) is 10.2. The van der Waals surface area contributed by atoms with Crippen molar-refractivity contribution in [1.82, 2.24) is 0 Å². The summed E-state index contributed by atoms with van der Waals surface area (Å²) in [7, 11) is 0. The molecule has 0 unspecified atom stereocenters. The van der Waals surface area contributed by atoms with E-state index in [4.69, 9.17) is 10.5 Å². The quantitative estimate of drug-likeness (QED) is 0.619. The molecule has 1 aromatic rings. The van der Waals surface area contributed by atoms with E-state index >= 15 is 0 Å². The Morgan fingerprint density at radius 1 is 1.59 bits per heavy atom. The van der Waals surface area contributed by atoms with Gasteiger partial charge in [-0.2, -0.15) is 0 Å². The van der Waals surface area contributed by atoms with Gasteiger partial charge >= 0.3 is 5.97 Å². The molecule has 1 heterocycles. The number of rotatable bonds is 3. The molecule has 0 bridgehead atoms. The number of carbonyl (C=O) groups excluding carboxylic acids is 1. The Morgan fingerprint density at radius 2 is 2.35 bits per heavy atom. The number of anilines is 2. The Bertz CT molecular complexity index is 445. The van der Waals surface area contributed by atoms with Gasteiger partial charge in [0.05, 0.1) is 13.0 Å². The van der Waals surface area contributed by atoms with Crippen LogP contribution in [0.2, 0.25) is 0 Å². The molecule has 17 heavy (non-hydrogen) atoms. The van der Waals surface area contributed by atoms with Gasteiger partial charge in [0.25, 0.3) is 0 Å². The summed E-state index contributed by atoms with van der Waals surface area (Å²) >= 11 is 0. The maximum atomic E-state index is 11.6. The van der Waals surface area contributed by atoms with Gasteiger partial charge in [-0.25, -0.2) is 0 Å². The molecule has 1 aliphatic rings. The highest BCUT2D eigenvalue weighted by molar-refractivity contribution is 5.77. The zero-order chi connectivity index (χ0) is 12.5. The number of nitrogen functional groups attached to an aromatic ring is 1. The Hall–Kier alpha value is -1.71. The average Bonchev–Trinajstić information content (AvgIpc) is 2.58. The number of benzene rings is 1. The molecule has 4 heteroatoms. The number of hydrogen-bond donors (Lipinski definition) is 2. The molecule has 0 saturated heterocycles. The third-order valence-corrected chi connectivity index (χ3v) is 3.21. The molecule has 0 saturated carbocycles. The van der Waals surface area contributed by atoms with Crippen LogP contribution in [0.15, 0.2) is 18.2 Å². The predicted octanol–water partition coefficient (Wildman–Crippen LogP) is 1.91. The van der Waals surface area contributed by atoms with Gasteiger partial charge in [0.2, 0.25) is 0 Å². The van der Waals surface area contributed by atoms with E-state index in [9.17, 15) is 4.79 Å². The van der Waals surface area contributed by atoms with Crippen molar-refractivity contribution in [2.24, 2.45) is 0 Å². The lowest BCUT2D eigenvalue weighted by atomic mass is 9.80. The van der Waals surface area contributed by atoms with Crippen LogP contribution in [0.25, 0.3) is 0 Å². The first kappa shape index (κ1) is 11.8. The molecule has 0 fully saturated rings. The minimum Gasteiger partial charge on any atom is -0.466 e. The highest BCUT2D eigenvalue weighted by Gasteiger charge is 2.38. The second-order valence-corrected chi connectivity index (χ2v) is 4.67. The van der Waals surface area contributed by atoms with Crippen LogP contribution in [0.4, 0.5) is 11.4 Å². The van der Waals surface area contributed by atoms with Crippen LogP contribution < -0.4 is 11.1 Å². The summed E-state index contributed by atoms with van der Waals surface area (Å²) in [4.78, 5) is 11.6. The zero-order valence-corrected chi connectivity index (χ0v) is 10.2. The van der Waals surface area contributed by atoms with Crippen LogP contribution in [0.3, 0.4) is 0 Å². The maximum Gasteiger partial charge on any atom is 0.306 e. The van der Waals surface area contributed by atoms with Crippen molar-refractivity contribution in [3.05, 3.63) is 23.8 Å². The van der Waals surface area contributed by atoms with Crippen molar-refractivity contribution >= 4 is 17.3 Å². The van der Waals surface area contributed by atoms with E-state index in [1.54, 1.807) is 0 Å². The Labute approximate surface area is 101 Å². The molecule has 1 aromatic carbocycles. The second-order valence-electron chi connectivity index (χ2n) is 4.67. The van der Waals surface area contributed by atoms with Crippen LogP contribution >= 0.6 is 0 Å². The third-order valence-electron chi connectivity index (χ3n) is 3.21. The van der Waals surface area contributed by atoms with Crippen molar-refractivity contribution in [3.8, 4) is 0 Å². The van der Waals surface area contributed by atoms with E-state index in [2.05, 4.69) is 5.32 Å². The van der Waals surface area contributed by atoms with Crippen molar-refractivity contribution < 1.29 is 9.53 Å². The standard InChI is InChI=1S/C13H18N2O2/c1-3-17-11(16)7-13(2)8-15-10-6-4-5-9(14)12(10)13/h4-6,15H,3,7-8,14H2,1-2H3/t13-/m1/s1. The van der Waals surface area contributed by atoms with Gasteiger partial charge in [-0.15, -0.1) is 0 Å². The van der Waals surface area contributed by atoms with Gasteiger partial charge < -0.3 is 15.8 Å². The van der Waals surface area contributed by atoms with Gasteiger partial charge in [-0.05, 0) is 19.1 Å². The topological polar surface area (TPSA) is 64.3 Å². The lowest BCUT2D eigenvalue weighted by Gasteiger charge is -2.24. The normalized spacial score (nSPS) is 21.8. The Morgan fingerprint density at radius 3 is 3.06 bits per heavy atom. The van der Waals surface area contributed by atoms with Crippen molar-refractivity contribution in [3.63, 3.8) is 0 Å². The number of esters is 1. The lowest BCUT2D eigenvalue weighted by Crippen LogP contribution is -2.29. The van der Waals surface area contributed by atoms with Crippen molar-refractivity contribution in [2.45, 2.75) is 25.7 Å². The molecular weight excluding hydrogens is 216 g/mol. The predicted molar refractivity (Wildman–Crippen MR) is 67.9 cm³/mol. The molecule has 4 nitrogen and oxygen atoms in total. The SMILES string of the molecule is CCOC(=O)C[C@]1(C)CNc2cccc(N)c21. The van der Waals surface area contributed by atoms with Gasteiger partial charge in [-0.3, -0.25) is 4.79 Å². The number of carbonyl (C=O) groups is 1. The molecule has 0 amide bonds.